The van der Waals surface area contributed by atoms with E-state index in [4.69, 9.17) is 24.9 Å². The van der Waals surface area contributed by atoms with Gasteiger partial charge in [-0.1, -0.05) is 78.9 Å². The van der Waals surface area contributed by atoms with Crippen molar-refractivity contribution in [2.24, 2.45) is 4.99 Å². The zero-order valence-corrected chi connectivity index (χ0v) is 26.5. The van der Waals surface area contributed by atoms with Gasteiger partial charge >= 0.3 is 0 Å². The van der Waals surface area contributed by atoms with Crippen LogP contribution in [0.2, 0.25) is 0 Å². The van der Waals surface area contributed by atoms with Crippen LogP contribution in [0.5, 0.6) is 0 Å². The van der Waals surface area contributed by atoms with Gasteiger partial charge in [0.2, 0.25) is 0 Å². The number of hydrogen-bond acceptors (Lipinski definition) is 7. The van der Waals surface area contributed by atoms with Crippen LogP contribution in [0.3, 0.4) is 0 Å². The highest BCUT2D eigenvalue weighted by Crippen LogP contribution is 2.47. The minimum atomic E-state index is 0.216. The second-order valence-corrected chi connectivity index (χ2v) is 12.1. The van der Waals surface area contributed by atoms with Crippen molar-refractivity contribution < 1.29 is 0 Å². The molecule has 0 amide bonds. The van der Waals surface area contributed by atoms with Gasteiger partial charge in [-0.2, -0.15) is 0 Å². The summed E-state index contributed by atoms with van der Waals surface area (Å²) in [5, 5.41) is 1.10. The van der Waals surface area contributed by atoms with Crippen LogP contribution in [0.1, 0.15) is 24.3 Å². The van der Waals surface area contributed by atoms with Gasteiger partial charge in [0.25, 0.3) is 0 Å². The maximum atomic E-state index is 5.24. The average Bonchev–Trinajstić information content (AvgIpc) is 3.52. The molecule has 5 heterocycles. The molecule has 232 valence electrons. The lowest BCUT2D eigenvalue weighted by atomic mass is 9.86. The Morgan fingerprint density at radius 1 is 0.551 bits per heavy atom. The third kappa shape index (κ3) is 5.41. The van der Waals surface area contributed by atoms with Crippen molar-refractivity contribution in [3.8, 4) is 56.5 Å². The molecule has 7 aromatic rings. The first-order valence-electron chi connectivity index (χ1n) is 16.4. The zero-order chi connectivity index (χ0) is 32.6. The number of rotatable bonds is 5. The van der Waals surface area contributed by atoms with E-state index in [1.807, 2.05) is 42.5 Å². The van der Waals surface area contributed by atoms with E-state index < -0.39 is 0 Å². The molecule has 0 saturated heterocycles. The summed E-state index contributed by atoms with van der Waals surface area (Å²) in [6.45, 7) is 0. The summed E-state index contributed by atoms with van der Waals surface area (Å²) >= 11 is 0. The largest absolute Gasteiger partial charge is 0.264 e. The van der Waals surface area contributed by atoms with E-state index in [1.165, 1.54) is 5.56 Å². The Hall–Kier alpha value is -6.47. The van der Waals surface area contributed by atoms with Crippen molar-refractivity contribution in [3.63, 3.8) is 0 Å². The fraction of sp³-hybridized carbons (Fsp3) is 0.0714. The van der Waals surface area contributed by atoms with Crippen molar-refractivity contribution in [1.82, 2.24) is 29.9 Å². The molecule has 0 bridgehead atoms. The predicted molar refractivity (Wildman–Crippen MR) is 195 cm³/mol. The van der Waals surface area contributed by atoms with Crippen LogP contribution >= 0.6 is 0 Å². The number of pyridine rings is 3. The molecule has 1 atom stereocenters. The molecule has 0 radical (unpaired) electrons. The van der Waals surface area contributed by atoms with Crippen LogP contribution in [-0.4, -0.2) is 35.6 Å². The number of aromatic nitrogens is 6. The van der Waals surface area contributed by atoms with E-state index in [9.17, 15) is 0 Å². The third-order valence-corrected chi connectivity index (χ3v) is 9.07. The third-order valence-electron chi connectivity index (χ3n) is 9.07. The minimum absolute atomic E-state index is 0.216. The van der Waals surface area contributed by atoms with Crippen LogP contribution in [0.25, 0.3) is 67.5 Å². The van der Waals surface area contributed by atoms with E-state index in [1.54, 1.807) is 24.8 Å². The summed E-state index contributed by atoms with van der Waals surface area (Å²) in [7, 11) is 0. The molecule has 1 aliphatic carbocycles. The van der Waals surface area contributed by atoms with Crippen molar-refractivity contribution >= 4 is 22.3 Å². The summed E-state index contributed by atoms with van der Waals surface area (Å²) in [6.07, 6.45) is 17.6. The van der Waals surface area contributed by atoms with Crippen molar-refractivity contribution in [2.75, 3.05) is 0 Å². The van der Waals surface area contributed by atoms with Crippen molar-refractivity contribution in [3.05, 3.63) is 152 Å². The van der Waals surface area contributed by atoms with E-state index in [0.29, 0.717) is 17.5 Å². The van der Waals surface area contributed by atoms with Crippen LogP contribution < -0.4 is 0 Å². The van der Waals surface area contributed by atoms with E-state index in [0.717, 1.165) is 74.2 Å². The van der Waals surface area contributed by atoms with Gasteiger partial charge < -0.3 is 0 Å². The van der Waals surface area contributed by atoms with Gasteiger partial charge in [-0.25, -0.2) is 19.9 Å². The fourth-order valence-electron chi connectivity index (χ4n) is 6.68. The monoisotopic (exact) mass is 631 g/mol. The van der Waals surface area contributed by atoms with Gasteiger partial charge in [0, 0.05) is 69.6 Å². The molecule has 1 aliphatic heterocycles. The Morgan fingerprint density at radius 2 is 1.22 bits per heavy atom. The van der Waals surface area contributed by atoms with Crippen molar-refractivity contribution in [1.29, 1.82) is 0 Å². The van der Waals surface area contributed by atoms with E-state index in [-0.39, 0.29) is 5.92 Å². The van der Waals surface area contributed by atoms with Gasteiger partial charge in [-0.05, 0) is 66.4 Å². The normalized spacial score (nSPS) is 16.2. The molecule has 2 aliphatic rings. The second-order valence-electron chi connectivity index (χ2n) is 12.1. The summed E-state index contributed by atoms with van der Waals surface area (Å²) in [5.41, 5.74) is 11.1. The highest BCUT2D eigenvalue weighted by molar-refractivity contribution is 6.12. The number of fused-ring (bicyclic) bond motifs is 5. The minimum Gasteiger partial charge on any atom is -0.264 e. The zero-order valence-electron chi connectivity index (χ0n) is 26.5. The van der Waals surface area contributed by atoms with Gasteiger partial charge in [0.1, 0.15) is 0 Å². The first-order chi connectivity index (χ1) is 24.3. The summed E-state index contributed by atoms with van der Waals surface area (Å²) in [4.78, 5) is 33.5. The lowest BCUT2D eigenvalue weighted by Gasteiger charge is -2.18. The lowest BCUT2D eigenvalue weighted by molar-refractivity contribution is 0.795. The van der Waals surface area contributed by atoms with Crippen LogP contribution in [0, 0.1) is 0 Å². The maximum absolute atomic E-state index is 5.24. The maximum Gasteiger partial charge on any atom is 0.165 e. The number of aliphatic imine (C=N–C) groups is 1. The summed E-state index contributed by atoms with van der Waals surface area (Å²) in [5.74, 6) is 1.92. The first-order valence-corrected chi connectivity index (χ1v) is 16.4. The van der Waals surface area contributed by atoms with Crippen LogP contribution in [0.4, 0.5) is 5.69 Å². The Labute approximate surface area is 283 Å². The second kappa shape index (κ2) is 12.3. The standard InChI is InChI=1S/C42H29N7/c1-2-4-16-35-33(14-3-1)37-38(45-36-17-6-5-15-34(36)39(37)46-35)28-20-18-27(19-21-28)29-10-7-11-30(24-29)40-47-41(31-12-8-22-43-25-31)49-42(48-40)32-13-9-23-44-26-32/h1-2,4-13,15-26,33H,3,14H2/b2-1-,16-4-. The fourth-order valence-corrected chi connectivity index (χ4v) is 6.68. The molecular formula is C42H29N7. The number of benzene rings is 3. The number of para-hydroxylation sites is 1. The molecule has 9 rings (SSSR count). The van der Waals surface area contributed by atoms with Gasteiger partial charge in [0.15, 0.2) is 17.5 Å². The Kier molecular flexibility index (Phi) is 7.20. The molecule has 49 heavy (non-hydrogen) atoms. The molecule has 3 aromatic carbocycles. The Balaban J connectivity index is 1.10. The Morgan fingerprint density at radius 3 is 1.96 bits per heavy atom. The molecular weight excluding hydrogens is 603 g/mol. The number of allylic oxidation sites excluding steroid dienone is 4. The summed E-state index contributed by atoms with van der Waals surface area (Å²) in [6, 6.07) is 33.0. The van der Waals surface area contributed by atoms with Gasteiger partial charge in [-0.15, -0.1) is 0 Å². The lowest BCUT2D eigenvalue weighted by Crippen LogP contribution is -2.08. The van der Waals surface area contributed by atoms with Crippen LogP contribution in [-0.2, 0) is 0 Å². The van der Waals surface area contributed by atoms with Gasteiger partial charge in [0.05, 0.1) is 16.9 Å². The molecule has 0 spiro atoms. The average molecular weight is 632 g/mol. The molecule has 7 nitrogen and oxygen atoms in total. The quantitative estimate of drug-likeness (QED) is 0.188. The number of hydrogen-bond donors (Lipinski definition) is 0. The first kappa shape index (κ1) is 28.7. The van der Waals surface area contributed by atoms with Gasteiger partial charge in [-0.3, -0.25) is 15.0 Å². The highest BCUT2D eigenvalue weighted by atomic mass is 15.0. The smallest absolute Gasteiger partial charge is 0.165 e. The molecule has 0 fully saturated rings. The highest BCUT2D eigenvalue weighted by Gasteiger charge is 2.31. The summed E-state index contributed by atoms with van der Waals surface area (Å²) < 4.78 is 0. The topological polar surface area (TPSA) is 89.7 Å². The Bertz CT molecular complexity index is 2380. The predicted octanol–water partition coefficient (Wildman–Crippen LogP) is 9.62. The van der Waals surface area contributed by atoms with E-state index >= 15 is 0 Å². The van der Waals surface area contributed by atoms with Crippen molar-refractivity contribution in [2.45, 2.75) is 18.8 Å². The molecule has 1 unspecified atom stereocenters. The van der Waals surface area contributed by atoms with E-state index in [2.05, 4.69) is 88.9 Å². The number of nitrogens with zero attached hydrogens (tertiary/aromatic N) is 7. The molecule has 7 heteroatoms. The SMILES string of the molecule is C1=C\CCC2C(=Nc3c2c(-c2ccc(-c4cccc(-c5nc(-c6cccnc6)nc(-c6cccnc6)n5)c4)cc2)nc2ccccc32)\C=C/1. The molecule has 0 N–H and O–H groups in total. The van der Waals surface area contributed by atoms with Crippen LogP contribution in [0.15, 0.2) is 151 Å². The molecule has 0 saturated carbocycles. The molecule has 4 aromatic heterocycles.